The molecule has 2 aliphatic heterocycles. The molecule has 28 heavy (non-hydrogen) atoms. The normalized spacial score (nSPS) is 25.2. The molecule has 4 heterocycles. The van der Waals surface area contributed by atoms with Gasteiger partial charge in [-0.3, -0.25) is 9.78 Å². The number of aromatic nitrogens is 4. The average molecular weight is 406 g/mol. The van der Waals surface area contributed by atoms with Crippen molar-refractivity contribution in [2.45, 2.75) is 26.2 Å². The highest BCUT2D eigenvalue weighted by molar-refractivity contribution is 7.89. The van der Waals surface area contributed by atoms with E-state index < -0.39 is 15.4 Å². The van der Waals surface area contributed by atoms with Crippen LogP contribution in [-0.4, -0.2) is 75.6 Å². The van der Waals surface area contributed by atoms with Crippen molar-refractivity contribution in [3.05, 3.63) is 35.5 Å². The van der Waals surface area contributed by atoms with Crippen molar-refractivity contribution in [1.82, 2.24) is 29.3 Å². The lowest BCUT2D eigenvalue weighted by molar-refractivity contribution is 0.0766. The molecule has 0 aromatic carbocycles. The van der Waals surface area contributed by atoms with E-state index in [2.05, 4.69) is 20.1 Å². The van der Waals surface area contributed by atoms with Crippen LogP contribution in [-0.2, 0) is 15.4 Å². The molecule has 150 valence electrons. The second-order valence-corrected chi connectivity index (χ2v) is 9.68. The molecule has 0 aliphatic carbocycles. The SMILES string of the molecule is CCS(=O)(=O)N1C[C@@H]2CN(C(=O)c3cnc(C)cn3)C[C@]2(c2nc(C)no2)C1. The summed E-state index contributed by atoms with van der Waals surface area (Å²) in [6.07, 6.45) is 3.01. The summed E-state index contributed by atoms with van der Waals surface area (Å²) in [5, 5.41) is 3.88. The van der Waals surface area contributed by atoms with Gasteiger partial charge >= 0.3 is 0 Å². The minimum absolute atomic E-state index is 0.0280. The Morgan fingerprint density at radius 2 is 2.04 bits per heavy atom. The average Bonchev–Trinajstić information content (AvgIpc) is 3.34. The summed E-state index contributed by atoms with van der Waals surface area (Å²) in [5.41, 5.74) is 0.283. The highest BCUT2D eigenvalue weighted by atomic mass is 32.2. The van der Waals surface area contributed by atoms with E-state index in [1.807, 2.05) is 0 Å². The lowest BCUT2D eigenvalue weighted by Crippen LogP contribution is -2.41. The summed E-state index contributed by atoms with van der Waals surface area (Å²) in [6, 6.07) is 0. The number of hydrogen-bond donors (Lipinski definition) is 0. The fourth-order valence-electron chi connectivity index (χ4n) is 4.04. The van der Waals surface area contributed by atoms with Crippen molar-refractivity contribution in [3.8, 4) is 0 Å². The zero-order valence-corrected chi connectivity index (χ0v) is 16.8. The number of aryl methyl sites for hydroxylation is 2. The topological polar surface area (TPSA) is 122 Å². The molecule has 2 aromatic heterocycles. The van der Waals surface area contributed by atoms with Crippen LogP contribution in [0.4, 0.5) is 0 Å². The van der Waals surface area contributed by atoms with Gasteiger partial charge in [0.15, 0.2) is 5.82 Å². The number of likely N-dealkylation sites (tertiary alicyclic amines) is 1. The first-order valence-electron chi connectivity index (χ1n) is 9.12. The molecule has 0 unspecified atom stereocenters. The van der Waals surface area contributed by atoms with Gasteiger partial charge in [-0.25, -0.2) is 17.7 Å². The predicted molar refractivity (Wildman–Crippen MR) is 97.9 cm³/mol. The van der Waals surface area contributed by atoms with Gasteiger partial charge in [0.25, 0.3) is 5.91 Å². The van der Waals surface area contributed by atoms with Crippen LogP contribution >= 0.6 is 0 Å². The van der Waals surface area contributed by atoms with Gasteiger partial charge in [0.2, 0.25) is 15.9 Å². The maximum Gasteiger partial charge on any atom is 0.274 e. The molecule has 10 nitrogen and oxygen atoms in total. The van der Waals surface area contributed by atoms with Crippen LogP contribution in [0.15, 0.2) is 16.9 Å². The van der Waals surface area contributed by atoms with E-state index in [4.69, 9.17) is 4.52 Å². The van der Waals surface area contributed by atoms with Crippen LogP contribution in [0, 0.1) is 19.8 Å². The van der Waals surface area contributed by atoms with E-state index in [-0.39, 0.29) is 29.8 Å². The van der Waals surface area contributed by atoms with Gasteiger partial charge in [-0.1, -0.05) is 5.16 Å². The van der Waals surface area contributed by atoms with Crippen LogP contribution in [0.3, 0.4) is 0 Å². The Balaban J connectivity index is 1.66. The van der Waals surface area contributed by atoms with Crippen molar-refractivity contribution in [2.75, 3.05) is 31.9 Å². The van der Waals surface area contributed by atoms with Crippen molar-refractivity contribution in [3.63, 3.8) is 0 Å². The molecule has 0 spiro atoms. The zero-order valence-electron chi connectivity index (χ0n) is 16.0. The smallest absolute Gasteiger partial charge is 0.274 e. The number of amides is 1. The summed E-state index contributed by atoms with van der Waals surface area (Å²) in [5.74, 6) is 0.530. The molecule has 4 rings (SSSR count). The Hall–Kier alpha value is -2.40. The van der Waals surface area contributed by atoms with Gasteiger partial charge in [-0.15, -0.1) is 0 Å². The molecule has 2 aromatic rings. The first kappa shape index (κ1) is 18.9. The van der Waals surface area contributed by atoms with Crippen molar-refractivity contribution in [1.29, 1.82) is 0 Å². The maximum atomic E-state index is 12.9. The Labute approximate surface area is 163 Å². The number of carbonyl (C=O) groups is 1. The molecule has 2 aliphatic rings. The minimum atomic E-state index is -3.36. The van der Waals surface area contributed by atoms with Gasteiger partial charge in [0.1, 0.15) is 5.69 Å². The van der Waals surface area contributed by atoms with Gasteiger partial charge in [0.05, 0.1) is 23.1 Å². The fourth-order valence-corrected chi connectivity index (χ4v) is 5.23. The number of sulfonamides is 1. The molecular weight excluding hydrogens is 384 g/mol. The summed E-state index contributed by atoms with van der Waals surface area (Å²) in [6.45, 7) is 6.37. The largest absolute Gasteiger partial charge is 0.339 e. The van der Waals surface area contributed by atoms with E-state index >= 15 is 0 Å². The summed E-state index contributed by atoms with van der Waals surface area (Å²) < 4.78 is 31.8. The Kier molecular flexibility index (Phi) is 4.46. The summed E-state index contributed by atoms with van der Waals surface area (Å²) in [7, 11) is -3.36. The quantitative estimate of drug-likeness (QED) is 0.703. The highest BCUT2D eigenvalue weighted by Crippen LogP contribution is 2.45. The standard InChI is InChI=1S/C17H22N6O4S/c1-4-28(25,26)23-8-13-7-22(15(24)14-6-18-11(2)5-19-14)9-17(13,10-23)16-20-12(3)21-27-16/h5-6,13H,4,7-10H2,1-3H3/t13-,17-/m0/s1. The molecule has 0 radical (unpaired) electrons. The number of nitrogens with zero attached hydrogens (tertiary/aromatic N) is 6. The van der Waals surface area contributed by atoms with Crippen molar-refractivity contribution in [2.24, 2.45) is 5.92 Å². The zero-order chi connectivity index (χ0) is 20.1. The van der Waals surface area contributed by atoms with Crippen LogP contribution in [0.5, 0.6) is 0 Å². The molecule has 0 saturated carbocycles. The lowest BCUT2D eigenvalue weighted by atomic mass is 9.81. The minimum Gasteiger partial charge on any atom is -0.339 e. The molecule has 0 bridgehead atoms. The third-order valence-corrected chi connectivity index (χ3v) is 7.37. The third kappa shape index (κ3) is 2.98. The van der Waals surface area contributed by atoms with Crippen LogP contribution in [0.1, 0.15) is 34.8 Å². The van der Waals surface area contributed by atoms with Gasteiger partial charge in [0, 0.05) is 38.3 Å². The molecule has 1 amide bonds. The van der Waals surface area contributed by atoms with E-state index in [1.165, 1.54) is 10.5 Å². The van der Waals surface area contributed by atoms with Crippen LogP contribution in [0.2, 0.25) is 0 Å². The monoisotopic (exact) mass is 406 g/mol. The first-order valence-corrected chi connectivity index (χ1v) is 10.7. The van der Waals surface area contributed by atoms with Crippen molar-refractivity contribution < 1.29 is 17.7 Å². The molecule has 2 fully saturated rings. The van der Waals surface area contributed by atoms with Crippen LogP contribution < -0.4 is 0 Å². The third-order valence-electron chi connectivity index (χ3n) is 5.58. The molecular formula is C17H22N6O4S. The molecule has 11 heteroatoms. The van der Waals surface area contributed by atoms with Gasteiger partial charge in [-0.2, -0.15) is 4.98 Å². The summed E-state index contributed by atoms with van der Waals surface area (Å²) >= 11 is 0. The Morgan fingerprint density at radius 3 is 2.64 bits per heavy atom. The predicted octanol–water partition coefficient (Wildman–Crippen LogP) is 0.152. The number of fused-ring (bicyclic) bond motifs is 1. The number of rotatable bonds is 4. The second kappa shape index (κ2) is 6.59. The summed E-state index contributed by atoms with van der Waals surface area (Å²) in [4.78, 5) is 27.3. The fraction of sp³-hybridized carbons (Fsp3) is 0.588. The van der Waals surface area contributed by atoms with Crippen LogP contribution in [0.25, 0.3) is 0 Å². The second-order valence-electron chi connectivity index (χ2n) is 7.42. The van der Waals surface area contributed by atoms with E-state index in [9.17, 15) is 13.2 Å². The Morgan fingerprint density at radius 1 is 1.25 bits per heavy atom. The maximum absolute atomic E-state index is 12.9. The van der Waals surface area contributed by atoms with Crippen molar-refractivity contribution >= 4 is 15.9 Å². The van der Waals surface area contributed by atoms with E-state index in [0.29, 0.717) is 31.3 Å². The van der Waals surface area contributed by atoms with E-state index in [0.717, 1.165) is 5.69 Å². The van der Waals surface area contributed by atoms with E-state index in [1.54, 1.807) is 31.9 Å². The molecule has 2 atom stereocenters. The first-order chi connectivity index (χ1) is 13.2. The number of carbonyl (C=O) groups excluding carboxylic acids is 1. The van der Waals surface area contributed by atoms with Gasteiger partial charge in [-0.05, 0) is 20.8 Å². The number of hydrogen-bond acceptors (Lipinski definition) is 8. The molecule has 0 N–H and O–H groups in total. The van der Waals surface area contributed by atoms with Gasteiger partial charge < -0.3 is 9.42 Å². The molecule has 2 saturated heterocycles. The lowest BCUT2D eigenvalue weighted by Gasteiger charge is -2.25. The Bertz CT molecular complexity index is 1000. The highest BCUT2D eigenvalue weighted by Gasteiger charge is 2.59.